The Kier molecular flexibility index (Phi) is 9.20. The summed E-state index contributed by atoms with van der Waals surface area (Å²) in [7, 11) is 3.86. The summed E-state index contributed by atoms with van der Waals surface area (Å²) in [6.45, 7) is 3.87. The highest BCUT2D eigenvalue weighted by Crippen LogP contribution is 2.09. The molecule has 0 fully saturated rings. The van der Waals surface area contributed by atoms with E-state index in [4.69, 9.17) is 0 Å². The highest BCUT2D eigenvalue weighted by molar-refractivity contribution is 14.0. The Hall–Kier alpha value is -1.22. The third kappa shape index (κ3) is 6.01. The molecule has 1 atom stereocenters. The van der Waals surface area contributed by atoms with Crippen molar-refractivity contribution in [3.63, 3.8) is 0 Å². The Balaban J connectivity index is 0.00000288. The Morgan fingerprint density at radius 1 is 1.38 bits per heavy atom. The van der Waals surface area contributed by atoms with Crippen LogP contribution in [0, 0.1) is 0 Å². The summed E-state index contributed by atoms with van der Waals surface area (Å²) in [6.07, 6.45) is 6.09. The lowest BCUT2D eigenvalue weighted by Gasteiger charge is -2.22. The SMILES string of the molecule is CN=C(NCC(C)SC)N(C)Cc1cnn(-c2ccccc2)c1.I. The molecule has 0 aliphatic heterocycles. The molecule has 0 amide bonds. The normalized spacial score (nSPS) is 12.4. The largest absolute Gasteiger partial charge is 0.355 e. The molecular formula is C17H26IN5S. The third-order valence-electron chi connectivity index (χ3n) is 3.60. The quantitative estimate of drug-likeness (QED) is 0.409. The highest BCUT2D eigenvalue weighted by atomic mass is 127. The number of hydrogen-bond acceptors (Lipinski definition) is 3. The van der Waals surface area contributed by atoms with Gasteiger partial charge < -0.3 is 10.2 Å². The number of thioether (sulfide) groups is 1. The van der Waals surface area contributed by atoms with Gasteiger partial charge in [0.2, 0.25) is 0 Å². The van der Waals surface area contributed by atoms with Crippen molar-refractivity contribution in [2.75, 3.05) is 26.9 Å². The molecule has 5 nitrogen and oxygen atoms in total. The minimum absolute atomic E-state index is 0. The molecule has 2 rings (SSSR count). The van der Waals surface area contributed by atoms with Gasteiger partial charge in [0.05, 0.1) is 11.9 Å². The first-order chi connectivity index (χ1) is 11.1. The maximum atomic E-state index is 4.44. The van der Waals surface area contributed by atoms with E-state index >= 15 is 0 Å². The topological polar surface area (TPSA) is 45.5 Å². The monoisotopic (exact) mass is 459 g/mol. The number of nitrogens with zero attached hydrogens (tertiary/aromatic N) is 4. The summed E-state index contributed by atoms with van der Waals surface area (Å²) >= 11 is 1.84. The Bertz CT molecular complexity index is 629. The number of benzene rings is 1. The van der Waals surface area contributed by atoms with E-state index in [1.807, 2.05) is 67.1 Å². The Labute approximate surface area is 165 Å². The van der Waals surface area contributed by atoms with Crippen molar-refractivity contribution in [3.8, 4) is 5.69 Å². The van der Waals surface area contributed by atoms with Crippen molar-refractivity contribution in [2.24, 2.45) is 4.99 Å². The second-order valence-corrected chi connectivity index (χ2v) is 6.74. The van der Waals surface area contributed by atoms with Crippen LogP contribution < -0.4 is 5.32 Å². The van der Waals surface area contributed by atoms with Crippen LogP contribution in [0.15, 0.2) is 47.7 Å². The van der Waals surface area contributed by atoms with E-state index in [1.54, 1.807) is 0 Å². The second kappa shape index (κ2) is 10.6. The predicted octanol–water partition coefficient (Wildman–Crippen LogP) is 3.25. The van der Waals surface area contributed by atoms with Gasteiger partial charge in [0.25, 0.3) is 0 Å². The Morgan fingerprint density at radius 3 is 2.71 bits per heavy atom. The molecule has 7 heteroatoms. The molecule has 0 saturated heterocycles. The minimum Gasteiger partial charge on any atom is -0.355 e. The van der Waals surface area contributed by atoms with Crippen molar-refractivity contribution in [2.45, 2.75) is 18.7 Å². The lowest BCUT2D eigenvalue weighted by Crippen LogP contribution is -2.40. The van der Waals surface area contributed by atoms with E-state index < -0.39 is 0 Å². The number of halogens is 1. The van der Waals surface area contributed by atoms with Crippen LogP contribution in [0.5, 0.6) is 0 Å². The molecule has 0 spiro atoms. The van der Waals surface area contributed by atoms with Crippen molar-refractivity contribution in [1.82, 2.24) is 20.0 Å². The van der Waals surface area contributed by atoms with Gasteiger partial charge in [-0.25, -0.2) is 4.68 Å². The zero-order chi connectivity index (χ0) is 16.7. The standard InChI is InChI=1S/C17H25N5S.HI/c1-14(23-4)10-19-17(18-2)21(3)12-15-11-20-22(13-15)16-8-6-5-7-9-16;/h5-9,11,13-14H,10,12H2,1-4H3,(H,18,19);1H. The van der Waals surface area contributed by atoms with Gasteiger partial charge in [-0.05, 0) is 18.4 Å². The van der Waals surface area contributed by atoms with Gasteiger partial charge >= 0.3 is 0 Å². The molecule has 0 bridgehead atoms. The average Bonchev–Trinajstić information content (AvgIpc) is 3.04. The summed E-state index contributed by atoms with van der Waals surface area (Å²) in [5, 5.41) is 8.40. The predicted molar refractivity (Wildman–Crippen MR) is 115 cm³/mol. The summed E-state index contributed by atoms with van der Waals surface area (Å²) in [6, 6.07) is 10.1. The van der Waals surface area contributed by atoms with Crippen LogP contribution in [0.1, 0.15) is 12.5 Å². The molecule has 132 valence electrons. The van der Waals surface area contributed by atoms with Gasteiger partial charge in [-0.2, -0.15) is 16.9 Å². The van der Waals surface area contributed by atoms with E-state index in [2.05, 4.69) is 39.7 Å². The smallest absolute Gasteiger partial charge is 0.193 e. The number of nitrogens with one attached hydrogen (secondary N) is 1. The first kappa shape index (κ1) is 20.8. The van der Waals surface area contributed by atoms with Gasteiger partial charge in [-0.3, -0.25) is 4.99 Å². The summed E-state index contributed by atoms with van der Waals surface area (Å²) < 4.78 is 1.90. The molecule has 1 unspecified atom stereocenters. The van der Waals surface area contributed by atoms with Gasteiger partial charge in [0.1, 0.15) is 0 Å². The van der Waals surface area contributed by atoms with Gasteiger partial charge in [-0.15, -0.1) is 24.0 Å². The maximum absolute atomic E-state index is 4.44. The molecule has 0 saturated carbocycles. The zero-order valence-corrected chi connectivity index (χ0v) is 17.8. The second-order valence-electron chi connectivity index (χ2n) is 5.46. The summed E-state index contributed by atoms with van der Waals surface area (Å²) in [5.41, 5.74) is 2.22. The zero-order valence-electron chi connectivity index (χ0n) is 14.6. The van der Waals surface area contributed by atoms with Crippen LogP contribution in [-0.4, -0.2) is 52.8 Å². The molecule has 1 N–H and O–H groups in total. The maximum Gasteiger partial charge on any atom is 0.193 e. The fourth-order valence-corrected chi connectivity index (χ4v) is 2.47. The van der Waals surface area contributed by atoms with Gasteiger partial charge in [-0.1, -0.05) is 25.1 Å². The van der Waals surface area contributed by atoms with Crippen LogP contribution >= 0.6 is 35.7 Å². The number of para-hydroxylation sites is 1. The van der Waals surface area contributed by atoms with Gasteiger partial charge in [0.15, 0.2) is 5.96 Å². The average molecular weight is 459 g/mol. The molecule has 0 aliphatic rings. The fourth-order valence-electron chi connectivity index (χ4n) is 2.22. The van der Waals surface area contributed by atoms with Crippen molar-refractivity contribution < 1.29 is 0 Å². The van der Waals surface area contributed by atoms with Crippen LogP contribution in [0.25, 0.3) is 5.69 Å². The number of hydrogen-bond donors (Lipinski definition) is 1. The van der Waals surface area contributed by atoms with Crippen LogP contribution in [0.2, 0.25) is 0 Å². The first-order valence-electron chi connectivity index (χ1n) is 7.67. The van der Waals surface area contributed by atoms with Crippen molar-refractivity contribution in [3.05, 3.63) is 48.3 Å². The van der Waals surface area contributed by atoms with Crippen molar-refractivity contribution in [1.29, 1.82) is 0 Å². The molecule has 0 radical (unpaired) electrons. The molecule has 24 heavy (non-hydrogen) atoms. The van der Waals surface area contributed by atoms with Crippen LogP contribution in [-0.2, 0) is 6.54 Å². The van der Waals surface area contributed by atoms with E-state index in [-0.39, 0.29) is 24.0 Å². The number of guanidine groups is 1. The van der Waals surface area contributed by atoms with Crippen LogP contribution in [0.4, 0.5) is 0 Å². The lowest BCUT2D eigenvalue weighted by molar-refractivity contribution is 0.477. The molecule has 1 aromatic carbocycles. The molecule has 1 heterocycles. The molecular weight excluding hydrogens is 433 g/mol. The lowest BCUT2D eigenvalue weighted by atomic mass is 10.3. The van der Waals surface area contributed by atoms with E-state index in [0.29, 0.717) is 5.25 Å². The number of aliphatic imine (C=N–C) groups is 1. The fraction of sp³-hybridized carbons (Fsp3) is 0.412. The summed E-state index contributed by atoms with van der Waals surface area (Å²) in [4.78, 5) is 6.46. The van der Waals surface area contributed by atoms with Crippen molar-refractivity contribution >= 4 is 41.7 Å². The minimum atomic E-state index is 0. The summed E-state index contributed by atoms with van der Waals surface area (Å²) in [5.74, 6) is 0.901. The van der Waals surface area contributed by atoms with E-state index in [0.717, 1.165) is 30.3 Å². The third-order valence-corrected chi connectivity index (χ3v) is 4.57. The highest BCUT2D eigenvalue weighted by Gasteiger charge is 2.09. The van der Waals surface area contributed by atoms with E-state index in [1.165, 1.54) is 0 Å². The molecule has 1 aromatic heterocycles. The first-order valence-corrected chi connectivity index (χ1v) is 8.96. The molecule has 0 aliphatic carbocycles. The Morgan fingerprint density at radius 2 is 2.08 bits per heavy atom. The van der Waals surface area contributed by atoms with E-state index in [9.17, 15) is 0 Å². The number of aromatic nitrogens is 2. The van der Waals surface area contributed by atoms with Gasteiger partial charge in [0, 0.05) is 44.2 Å². The molecule has 2 aromatic rings. The number of rotatable bonds is 6. The van der Waals surface area contributed by atoms with Crippen LogP contribution in [0.3, 0.4) is 0 Å².